The number of aromatic nitrogens is 2. The monoisotopic (exact) mass is 437 g/mol. The van der Waals surface area contributed by atoms with Crippen molar-refractivity contribution in [1.82, 2.24) is 9.78 Å². The summed E-state index contributed by atoms with van der Waals surface area (Å²) in [5, 5.41) is 7.54. The van der Waals surface area contributed by atoms with Gasteiger partial charge in [-0.3, -0.25) is 4.79 Å². The lowest BCUT2D eigenvalue weighted by molar-refractivity contribution is -0.116. The van der Waals surface area contributed by atoms with E-state index in [1.807, 2.05) is 30.3 Å². The lowest BCUT2D eigenvalue weighted by atomic mass is 9.87. The second kappa shape index (κ2) is 7.99. The Hall–Kier alpha value is -3.88. The second-order valence-electron chi connectivity index (χ2n) is 7.56. The SMILES string of the molecule is COc1cc(C2CC(=O)Nc3c2cnn3Cc2ccc3c(c2)OCO3)cc(OC)c1OC. The first kappa shape index (κ1) is 20.0. The number of nitrogens with zero attached hydrogens (tertiary/aromatic N) is 2. The Morgan fingerprint density at radius 3 is 2.53 bits per heavy atom. The zero-order valence-electron chi connectivity index (χ0n) is 18.0. The van der Waals surface area contributed by atoms with E-state index in [1.54, 1.807) is 32.2 Å². The molecule has 0 radical (unpaired) electrons. The average molecular weight is 437 g/mol. The van der Waals surface area contributed by atoms with Crippen molar-refractivity contribution in [3.8, 4) is 28.7 Å². The van der Waals surface area contributed by atoms with Gasteiger partial charge in [0.2, 0.25) is 18.4 Å². The molecule has 9 nitrogen and oxygen atoms in total. The van der Waals surface area contributed by atoms with Gasteiger partial charge in [-0.25, -0.2) is 4.68 Å². The van der Waals surface area contributed by atoms with Gasteiger partial charge in [-0.1, -0.05) is 6.07 Å². The number of benzene rings is 2. The molecule has 1 N–H and O–H groups in total. The molecule has 2 aliphatic heterocycles. The van der Waals surface area contributed by atoms with Crippen molar-refractivity contribution in [2.75, 3.05) is 33.4 Å². The summed E-state index contributed by atoms with van der Waals surface area (Å²) in [6.45, 7) is 0.705. The van der Waals surface area contributed by atoms with Crippen LogP contribution in [0.4, 0.5) is 5.82 Å². The predicted molar refractivity (Wildman–Crippen MR) is 115 cm³/mol. The fraction of sp³-hybridized carbons (Fsp3) is 0.304. The molecule has 0 spiro atoms. The molecule has 3 heterocycles. The summed E-state index contributed by atoms with van der Waals surface area (Å²) in [7, 11) is 4.71. The predicted octanol–water partition coefficient (Wildman–Crippen LogP) is 3.16. The molecular formula is C23H23N3O6. The second-order valence-corrected chi connectivity index (χ2v) is 7.56. The van der Waals surface area contributed by atoms with Gasteiger partial charge in [0.25, 0.3) is 0 Å². The van der Waals surface area contributed by atoms with Crippen LogP contribution in [0.2, 0.25) is 0 Å². The minimum Gasteiger partial charge on any atom is -0.493 e. The van der Waals surface area contributed by atoms with Crippen molar-refractivity contribution in [2.24, 2.45) is 0 Å². The molecule has 5 rings (SSSR count). The van der Waals surface area contributed by atoms with Crippen LogP contribution in [0, 0.1) is 0 Å². The van der Waals surface area contributed by atoms with Crippen molar-refractivity contribution >= 4 is 11.7 Å². The van der Waals surface area contributed by atoms with Crippen molar-refractivity contribution in [3.63, 3.8) is 0 Å². The molecule has 1 atom stereocenters. The highest BCUT2D eigenvalue weighted by Crippen LogP contribution is 2.44. The third-order valence-corrected chi connectivity index (χ3v) is 5.75. The topological polar surface area (TPSA) is 93.1 Å². The first-order valence-electron chi connectivity index (χ1n) is 10.1. The molecule has 1 aromatic heterocycles. The van der Waals surface area contributed by atoms with Crippen LogP contribution in [-0.2, 0) is 11.3 Å². The normalized spacial score (nSPS) is 16.3. The smallest absolute Gasteiger partial charge is 0.231 e. The zero-order chi connectivity index (χ0) is 22.2. The number of amides is 1. The van der Waals surface area contributed by atoms with Crippen molar-refractivity contribution < 1.29 is 28.5 Å². The highest BCUT2D eigenvalue weighted by atomic mass is 16.7. The standard InChI is InChI=1S/C23H23N3O6/c1-28-19-7-14(8-20(29-2)22(19)30-3)15-9-21(27)25-23-16(15)10-24-26(23)11-13-4-5-17-18(6-13)32-12-31-17/h4-8,10,15H,9,11-12H2,1-3H3,(H,25,27). The van der Waals surface area contributed by atoms with Gasteiger partial charge in [0.1, 0.15) is 5.82 Å². The van der Waals surface area contributed by atoms with Crippen LogP contribution in [0.15, 0.2) is 36.5 Å². The van der Waals surface area contributed by atoms with Crippen LogP contribution in [0.25, 0.3) is 0 Å². The minimum absolute atomic E-state index is 0.0799. The van der Waals surface area contributed by atoms with Crippen LogP contribution in [-0.4, -0.2) is 43.8 Å². The molecule has 3 aromatic rings. The van der Waals surface area contributed by atoms with Gasteiger partial charge in [-0.2, -0.15) is 5.10 Å². The largest absolute Gasteiger partial charge is 0.493 e. The summed E-state index contributed by atoms with van der Waals surface area (Å²) >= 11 is 0. The number of fused-ring (bicyclic) bond motifs is 2. The highest BCUT2D eigenvalue weighted by Gasteiger charge is 2.31. The summed E-state index contributed by atoms with van der Waals surface area (Å²) in [6, 6.07) is 9.53. The van der Waals surface area contributed by atoms with E-state index >= 15 is 0 Å². The maximum Gasteiger partial charge on any atom is 0.231 e. The van der Waals surface area contributed by atoms with E-state index in [2.05, 4.69) is 10.4 Å². The van der Waals surface area contributed by atoms with Crippen LogP contribution >= 0.6 is 0 Å². The Bertz CT molecular complexity index is 1160. The molecule has 166 valence electrons. The maximum absolute atomic E-state index is 12.6. The minimum atomic E-state index is -0.196. The molecule has 0 saturated carbocycles. The fourth-order valence-corrected chi connectivity index (χ4v) is 4.20. The van der Waals surface area contributed by atoms with E-state index in [9.17, 15) is 4.79 Å². The fourth-order valence-electron chi connectivity index (χ4n) is 4.20. The van der Waals surface area contributed by atoms with E-state index in [-0.39, 0.29) is 18.6 Å². The summed E-state index contributed by atoms with van der Waals surface area (Å²) in [4.78, 5) is 12.6. The Balaban J connectivity index is 1.51. The molecule has 9 heteroatoms. The van der Waals surface area contributed by atoms with Gasteiger partial charge in [0.15, 0.2) is 23.0 Å². The van der Waals surface area contributed by atoms with E-state index in [1.165, 1.54) is 0 Å². The quantitative estimate of drug-likeness (QED) is 0.633. The number of ether oxygens (including phenoxy) is 5. The van der Waals surface area contributed by atoms with E-state index in [4.69, 9.17) is 23.7 Å². The third kappa shape index (κ3) is 3.35. The third-order valence-electron chi connectivity index (χ3n) is 5.75. The molecule has 1 amide bonds. The van der Waals surface area contributed by atoms with Crippen molar-refractivity contribution in [1.29, 1.82) is 0 Å². The summed E-state index contributed by atoms with van der Waals surface area (Å²) in [6.07, 6.45) is 2.09. The van der Waals surface area contributed by atoms with Gasteiger partial charge in [-0.15, -0.1) is 0 Å². The number of anilines is 1. The highest BCUT2D eigenvalue weighted by molar-refractivity contribution is 5.94. The number of hydrogen-bond acceptors (Lipinski definition) is 7. The maximum atomic E-state index is 12.6. The number of carbonyl (C=O) groups excluding carboxylic acids is 1. The van der Waals surface area contributed by atoms with Gasteiger partial charge in [0, 0.05) is 17.9 Å². The summed E-state index contributed by atoms with van der Waals surface area (Å²) < 4.78 is 29.1. The van der Waals surface area contributed by atoms with Crippen molar-refractivity contribution in [3.05, 3.63) is 53.2 Å². The first-order chi connectivity index (χ1) is 15.6. The van der Waals surface area contributed by atoms with Crippen molar-refractivity contribution in [2.45, 2.75) is 18.9 Å². The van der Waals surface area contributed by atoms with Crippen LogP contribution in [0.1, 0.15) is 29.0 Å². The molecule has 32 heavy (non-hydrogen) atoms. The molecule has 0 fully saturated rings. The van der Waals surface area contributed by atoms with Crippen LogP contribution in [0.5, 0.6) is 28.7 Å². The number of nitrogens with one attached hydrogen (secondary N) is 1. The Morgan fingerprint density at radius 1 is 1.06 bits per heavy atom. The molecule has 2 aromatic carbocycles. The number of carbonyl (C=O) groups is 1. The number of rotatable bonds is 6. The van der Waals surface area contributed by atoms with Gasteiger partial charge in [-0.05, 0) is 35.4 Å². The first-order valence-corrected chi connectivity index (χ1v) is 10.1. The summed E-state index contributed by atoms with van der Waals surface area (Å²) in [5.41, 5.74) is 2.81. The zero-order valence-corrected chi connectivity index (χ0v) is 18.0. The average Bonchev–Trinajstić information content (AvgIpc) is 3.44. The van der Waals surface area contributed by atoms with Gasteiger partial charge >= 0.3 is 0 Å². The molecular weight excluding hydrogens is 414 g/mol. The molecule has 0 aliphatic carbocycles. The summed E-state index contributed by atoms with van der Waals surface area (Å²) in [5.74, 6) is 3.44. The molecule has 0 bridgehead atoms. The van der Waals surface area contributed by atoms with Crippen LogP contribution in [0.3, 0.4) is 0 Å². The van der Waals surface area contributed by atoms with E-state index in [0.717, 1.165) is 22.4 Å². The molecule has 2 aliphatic rings. The molecule has 0 saturated heterocycles. The Morgan fingerprint density at radius 2 is 1.81 bits per heavy atom. The van der Waals surface area contributed by atoms with Gasteiger partial charge < -0.3 is 29.0 Å². The Kier molecular flexibility index (Phi) is 5.01. The Labute approximate surface area is 184 Å². The number of hydrogen-bond donors (Lipinski definition) is 1. The van der Waals surface area contributed by atoms with E-state index < -0.39 is 0 Å². The van der Waals surface area contributed by atoms with Gasteiger partial charge in [0.05, 0.1) is 34.1 Å². The molecule has 1 unspecified atom stereocenters. The number of methoxy groups -OCH3 is 3. The lowest BCUT2D eigenvalue weighted by Gasteiger charge is -2.25. The lowest BCUT2D eigenvalue weighted by Crippen LogP contribution is -2.25. The van der Waals surface area contributed by atoms with E-state index in [0.29, 0.717) is 41.8 Å². The van der Waals surface area contributed by atoms with Crippen LogP contribution < -0.4 is 29.0 Å².